The van der Waals surface area contributed by atoms with Gasteiger partial charge in [-0.25, -0.2) is 14.5 Å². The second kappa shape index (κ2) is 8.87. The minimum absolute atomic E-state index is 0.135. The number of aryl methyl sites for hydroxylation is 2. The molecule has 0 atom stereocenters. The number of aromatic nitrogens is 4. The monoisotopic (exact) mass is 454 g/mol. The summed E-state index contributed by atoms with van der Waals surface area (Å²) in [5.74, 6) is -0.285. The van der Waals surface area contributed by atoms with Gasteiger partial charge >= 0.3 is 5.97 Å². The number of rotatable bonds is 6. The number of aromatic amines is 1. The maximum absolute atomic E-state index is 12.1. The van der Waals surface area contributed by atoms with Crippen molar-refractivity contribution in [3.8, 4) is 0 Å². The quantitative estimate of drug-likeness (QED) is 0.347. The van der Waals surface area contributed by atoms with Crippen LogP contribution < -0.4 is 5.56 Å². The number of carbonyl (C=O) groups excluding carboxylic acids is 1. The summed E-state index contributed by atoms with van der Waals surface area (Å²) in [6.45, 7) is 4.25. The molecule has 4 aromatic rings. The molecule has 0 bridgehead atoms. The lowest BCUT2D eigenvalue weighted by Gasteiger charge is -2.04. The zero-order valence-corrected chi connectivity index (χ0v) is 18.5. The Morgan fingerprint density at radius 2 is 2.03 bits per heavy atom. The number of nitrogens with one attached hydrogen (secondary N) is 1. The fraction of sp³-hybridized carbons (Fsp3) is 0.182. The minimum Gasteiger partial charge on any atom is -0.454 e. The first-order valence-corrected chi connectivity index (χ1v) is 10.8. The standard InChI is InChI=1S/C22H19ClN4O3S/c1-13-3-5-15(6-4-13)11-27-21(23)16(14(2)26-27)7-8-19(28)30-12-18-24-17-9-10-31-20(17)22(29)25-18/h3-10H,11-12H2,1-2H3,(H,24,25,29)/b8-7+. The summed E-state index contributed by atoms with van der Waals surface area (Å²) >= 11 is 7.79. The highest BCUT2D eigenvalue weighted by molar-refractivity contribution is 7.17. The second-order valence-electron chi connectivity index (χ2n) is 7.02. The number of H-pyrrole nitrogens is 1. The third kappa shape index (κ3) is 4.76. The first-order valence-electron chi connectivity index (χ1n) is 9.50. The molecule has 0 saturated heterocycles. The Bertz CT molecular complexity index is 1340. The van der Waals surface area contributed by atoms with Crippen LogP contribution >= 0.6 is 22.9 Å². The van der Waals surface area contributed by atoms with Crippen molar-refractivity contribution in [3.63, 3.8) is 0 Å². The van der Waals surface area contributed by atoms with E-state index in [4.69, 9.17) is 16.3 Å². The van der Waals surface area contributed by atoms with Gasteiger partial charge in [-0.2, -0.15) is 5.10 Å². The lowest BCUT2D eigenvalue weighted by atomic mass is 10.1. The molecular formula is C22H19ClN4O3S. The van der Waals surface area contributed by atoms with Crippen molar-refractivity contribution >= 4 is 45.2 Å². The van der Waals surface area contributed by atoms with Crippen LogP contribution in [0.3, 0.4) is 0 Å². The third-order valence-corrected chi connectivity index (χ3v) is 5.96. The number of carbonyl (C=O) groups is 1. The van der Waals surface area contributed by atoms with Gasteiger partial charge in [-0.05, 0) is 36.9 Å². The average molecular weight is 455 g/mol. The fourth-order valence-electron chi connectivity index (χ4n) is 3.06. The molecule has 0 aliphatic rings. The van der Waals surface area contributed by atoms with E-state index in [1.807, 2.05) is 38.1 Å². The van der Waals surface area contributed by atoms with Crippen molar-refractivity contribution in [1.82, 2.24) is 19.7 Å². The predicted octanol–water partition coefficient (Wildman–Crippen LogP) is 4.26. The van der Waals surface area contributed by atoms with E-state index in [9.17, 15) is 9.59 Å². The number of nitrogens with zero attached hydrogens (tertiary/aromatic N) is 3. The van der Waals surface area contributed by atoms with Crippen molar-refractivity contribution < 1.29 is 9.53 Å². The van der Waals surface area contributed by atoms with Crippen molar-refractivity contribution in [2.45, 2.75) is 27.0 Å². The molecule has 1 N–H and O–H groups in total. The van der Waals surface area contributed by atoms with Gasteiger partial charge in [0, 0.05) is 11.6 Å². The molecule has 9 heteroatoms. The van der Waals surface area contributed by atoms with Gasteiger partial charge < -0.3 is 9.72 Å². The van der Waals surface area contributed by atoms with Gasteiger partial charge in [0.15, 0.2) is 0 Å². The molecule has 7 nitrogen and oxygen atoms in total. The third-order valence-electron chi connectivity index (χ3n) is 4.66. The van der Waals surface area contributed by atoms with Crippen molar-refractivity contribution in [1.29, 1.82) is 0 Å². The summed E-state index contributed by atoms with van der Waals surface area (Å²) in [6, 6.07) is 9.88. The van der Waals surface area contributed by atoms with Crippen LogP contribution in [-0.2, 0) is 22.7 Å². The minimum atomic E-state index is -0.574. The first-order chi connectivity index (χ1) is 14.9. The van der Waals surface area contributed by atoms with E-state index in [0.717, 1.165) is 5.56 Å². The first kappa shape index (κ1) is 21.0. The van der Waals surface area contributed by atoms with E-state index in [1.165, 1.54) is 23.0 Å². The van der Waals surface area contributed by atoms with Crippen LogP contribution in [0.25, 0.3) is 16.3 Å². The Morgan fingerprint density at radius 1 is 1.26 bits per heavy atom. The van der Waals surface area contributed by atoms with Crippen LogP contribution in [0.15, 0.2) is 46.6 Å². The Morgan fingerprint density at radius 3 is 2.81 bits per heavy atom. The van der Waals surface area contributed by atoms with Crippen molar-refractivity contribution in [2.75, 3.05) is 0 Å². The lowest BCUT2D eigenvalue weighted by molar-refractivity contribution is -0.139. The number of thiophene rings is 1. The molecule has 0 saturated carbocycles. The molecule has 0 radical (unpaired) electrons. The Balaban J connectivity index is 1.42. The number of hydrogen-bond acceptors (Lipinski definition) is 6. The van der Waals surface area contributed by atoms with Gasteiger partial charge in [0.2, 0.25) is 0 Å². The van der Waals surface area contributed by atoms with E-state index >= 15 is 0 Å². The van der Waals surface area contributed by atoms with Gasteiger partial charge in [-0.15, -0.1) is 11.3 Å². The Labute approximate surface area is 187 Å². The number of ether oxygens (including phenoxy) is 1. The van der Waals surface area contributed by atoms with Crippen LogP contribution in [-0.4, -0.2) is 25.7 Å². The molecule has 0 aliphatic carbocycles. The molecular weight excluding hydrogens is 436 g/mol. The molecule has 0 aliphatic heterocycles. The highest BCUT2D eigenvalue weighted by Gasteiger charge is 2.12. The highest BCUT2D eigenvalue weighted by atomic mass is 35.5. The molecule has 4 rings (SSSR count). The molecule has 3 aromatic heterocycles. The summed E-state index contributed by atoms with van der Waals surface area (Å²) in [6.07, 6.45) is 2.87. The summed E-state index contributed by atoms with van der Waals surface area (Å²) in [4.78, 5) is 31.0. The Kier molecular flexibility index (Phi) is 6.01. The number of hydrogen-bond donors (Lipinski definition) is 1. The van der Waals surface area contributed by atoms with Crippen molar-refractivity contribution in [2.24, 2.45) is 0 Å². The largest absolute Gasteiger partial charge is 0.454 e. The Hall–Kier alpha value is -3.23. The lowest BCUT2D eigenvalue weighted by Crippen LogP contribution is -2.12. The maximum Gasteiger partial charge on any atom is 0.331 e. The van der Waals surface area contributed by atoms with Gasteiger partial charge in [0.05, 0.1) is 17.8 Å². The van der Waals surface area contributed by atoms with Gasteiger partial charge in [0.1, 0.15) is 22.3 Å². The topological polar surface area (TPSA) is 89.9 Å². The number of benzene rings is 1. The summed E-state index contributed by atoms with van der Waals surface area (Å²) in [5, 5.41) is 6.69. The van der Waals surface area contributed by atoms with Crippen molar-refractivity contribution in [3.05, 3.63) is 85.5 Å². The molecule has 0 unspecified atom stereocenters. The van der Waals surface area contributed by atoms with E-state index in [-0.39, 0.29) is 18.0 Å². The normalized spacial score (nSPS) is 11.5. The molecule has 0 fully saturated rings. The predicted molar refractivity (Wildman–Crippen MR) is 121 cm³/mol. The number of fused-ring (bicyclic) bond motifs is 1. The summed E-state index contributed by atoms with van der Waals surface area (Å²) in [7, 11) is 0. The summed E-state index contributed by atoms with van der Waals surface area (Å²) < 4.78 is 7.43. The SMILES string of the molecule is Cc1ccc(Cn2nc(C)c(/C=C/C(=O)OCc3nc4ccsc4c(=O)[nH]3)c2Cl)cc1. The van der Waals surface area contributed by atoms with Crippen LogP contribution in [0.5, 0.6) is 0 Å². The molecule has 158 valence electrons. The fourth-order valence-corrected chi connectivity index (χ4v) is 4.08. The highest BCUT2D eigenvalue weighted by Crippen LogP contribution is 2.22. The van der Waals surface area contributed by atoms with Gasteiger partial charge in [-0.1, -0.05) is 41.4 Å². The smallest absolute Gasteiger partial charge is 0.331 e. The maximum atomic E-state index is 12.1. The average Bonchev–Trinajstić information content (AvgIpc) is 3.32. The van der Waals surface area contributed by atoms with E-state index in [2.05, 4.69) is 15.1 Å². The number of halogens is 1. The van der Waals surface area contributed by atoms with E-state index in [0.29, 0.717) is 33.2 Å². The molecule has 31 heavy (non-hydrogen) atoms. The van der Waals surface area contributed by atoms with Gasteiger partial charge in [0.25, 0.3) is 5.56 Å². The van der Waals surface area contributed by atoms with Gasteiger partial charge in [-0.3, -0.25) is 4.79 Å². The van der Waals surface area contributed by atoms with E-state index < -0.39 is 5.97 Å². The molecule has 0 spiro atoms. The van der Waals surface area contributed by atoms with E-state index in [1.54, 1.807) is 22.2 Å². The zero-order valence-electron chi connectivity index (χ0n) is 16.9. The molecule has 1 aromatic carbocycles. The summed E-state index contributed by atoms with van der Waals surface area (Å²) in [5.41, 5.74) is 3.95. The second-order valence-corrected chi connectivity index (χ2v) is 8.30. The zero-order chi connectivity index (χ0) is 22.0. The molecule has 0 amide bonds. The van der Waals surface area contributed by atoms with Crippen LogP contribution in [0, 0.1) is 13.8 Å². The van der Waals surface area contributed by atoms with Crippen LogP contribution in [0.2, 0.25) is 5.15 Å². The van der Waals surface area contributed by atoms with Crippen LogP contribution in [0.4, 0.5) is 0 Å². The molecule has 3 heterocycles. The van der Waals surface area contributed by atoms with Crippen LogP contribution in [0.1, 0.15) is 28.2 Å². The number of esters is 1.